The molecule has 1 amide bonds. The Hall–Kier alpha value is -1.42. The van der Waals surface area contributed by atoms with Gasteiger partial charge in [0, 0.05) is 6.54 Å². The van der Waals surface area contributed by atoms with Gasteiger partial charge >= 0.3 is 0 Å². The van der Waals surface area contributed by atoms with Crippen LogP contribution in [0.25, 0.3) is 0 Å². The van der Waals surface area contributed by atoms with Crippen LogP contribution in [0.15, 0.2) is 24.3 Å². The maximum absolute atomic E-state index is 12.5. The fourth-order valence-electron chi connectivity index (χ4n) is 1.11. The van der Waals surface area contributed by atoms with Crippen LogP contribution >= 0.6 is 0 Å². The summed E-state index contributed by atoms with van der Waals surface area (Å²) in [6.45, 7) is 1.83. The highest BCUT2D eigenvalue weighted by Crippen LogP contribution is 2.03. The van der Waals surface area contributed by atoms with Gasteiger partial charge in [-0.2, -0.15) is 0 Å². The molecule has 0 radical (unpaired) electrons. The fraction of sp³-hybridized carbons (Fsp3) is 0.364. The van der Waals surface area contributed by atoms with Crippen LogP contribution in [0.5, 0.6) is 0 Å². The van der Waals surface area contributed by atoms with Crippen molar-refractivity contribution in [3.63, 3.8) is 0 Å². The minimum Gasteiger partial charge on any atom is -0.392 e. The number of amides is 1. The lowest BCUT2D eigenvalue weighted by Gasteiger charge is -2.06. The van der Waals surface area contributed by atoms with Crippen molar-refractivity contribution in [2.75, 3.05) is 6.54 Å². The van der Waals surface area contributed by atoms with Gasteiger partial charge in [0.05, 0.1) is 12.5 Å². The molecular weight excluding hydrogens is 197 g/mol. The standard InChI is InChI=1S/C11H14FNO2/c1-8(14)7-13-11(15)6-9-2-4-10(12)5-3-9/h2-5,8,14H,6-7H2,1H3,(H,13,15). The van der Waals surface area contributed by atoms with Crippen molar-refractivity contribution in [3.8, 4) is 0 Å². The average molecular weight is 211 g/mol. The van der Waals surface area contributed by atoms with Gasteiger partial charge in [-0.3, -0.25) is 4.79 Å². The second-order valence-corrected chi connectivity index (χ2v) is 3.46. The molecule has 2 N–H and O–H groups in total. The Bertz CT molecular complexity index is 322. The molecule has 1 aromatic carbocycles. The van der Waals surface area contributed by atoms with Crippen molar-refractivity contribution < 1.29 is 14.3 Å². The number of hydrogen-bond donors (Lipinski definition) is 2. The van der Waals surface area contributed by atoms with Gasteiger partial charge in [-0.15, -0.1) is 0 Å². The van der Waals surface area contributed by atoms with Gasteiger partial charge in [-0.1, -0.05) is 12.1 Å². The monoisotopic (exact) mass is 211 g/mol. The van der Waals surface area contributed by atoms with Crippen molar-refractivity contribution in [3.05, 3.63) is 35.6 Å². The number of rotatable bonds is 4. The summed E-state index contributed by atoms with van der Waals surface area (Å²) in [7, 11) is 0. The van der Waals surface area contributed by atoms with E-state index in [4.69, 9.17) is 5.11 Å². The van der Waals surface area contributed by atoms with E-state index in [1.165, 1.54) is 12.1 Å². The average Bonchev–Trinajstić information content (AvgIpc) is 2.19. The Morgan fingerprint density at radius 3 is 2.60 bits per heavy atom. The van der Waals surface area contributed by atoms with Crippen molar-refractivity contribution in [2.24, 2.45) is 0 Å². The Labute approximate surface area is 87.9 Å². The maximum Gasteiger partial charge on any atom is 0.224 e. The van der Waals surface area contributed by atoms with Crippen molar-refractivity contribution >= 4 is 5.91 Å². The number of nitrogens with one attached hydrogen (secondary N) is 1. The third-order valence-corrected chi connectivity index (χ3v) is 1.87. The van der Waals surface area contributed by atoms with E-state index < -0.39 is 6.10 Å². The molecule has 0 fully saturated rings. The van der Waals surface area contributed by atoms with Crippen LogP contribution in [-0.2, 0) is 11.2 Å². The molecule has 0 saturated carbocycles. The minimum absolute atomic E-state index is 0.178. The molecule has 4 heteroatoms. The Morgan fingerprint density at radius 2 is 2.07 bits per heavy atom. The summed E-state index contributed by atoms with van der Waals surface area (Å²) in [6, 6.07) is 5.77. The van der Waals surface area contributed by atoms with Crippen LogP contribution in [0, 0.1) is 5.82 Å². The number of aliphatic hydroxyl groups excluding tert-OH is 1. The number of halogens is 1. The van der Waals surface area contributed by atoms with Gasteiger partial charge in [-0.05, 0) is 24.6 Å². The lowest BCUT2D eigenvalue weighted by Crippen LogP contribution is -2.31. The van der Waals surface area contributed by atoms with Crippen molar-refractivity contribution in [2.45, 2.75) is 19.4 Å². The topological polar surface area (TPSA) is 49.3 Å². The summed E-state index contributed by atoms with van der Waals surface area (Å²) in [5, 5.41) is 11.5. The summed E-state index contributed by atoms with van der Waals surface area (Å²) in [5.41, 5.74) is 0.750. The van der Waals surface area contributed by atoms with Gasteiger partial charge < -0.3 is 10.4 Å². The highest BCUT2D eigenvalue weighted by molar-refractivity contribution is 5.78. The van der Waals surface area contributed by atoms with Crippen LogP contribution < -0.4 is 5.32 Å². The van der Waals surface area contributed by atoms with E-state index in [0.717, 1.165) is 5.56 Å². The molecule has 0 aliphatic carbocycles. The second kappa shape index (κ2) is 5.46. The molecule has 0 spiro atoms. The predicted octanol–water partition coefficient (Wildman–Crippen LogP) is 0.865. The first kappa shape index (κ1) is 11.7. The van der Waals surface area contributed by atoms with Gasteiger partial charge in [0.2, 0.25) is 5.91 Å². The van der Waals surface area contributed by atoms with Crippen LogP contribution in [0.3, 0.4) is 0 Å². The molecule has 82 valence electrons. The van der Waals surface area contributed by atoms with Gasteiger partial charge in [0.25, 0.3) is 0 Å². The van der Waals surface area contributed by atoms with Gasteiger partial charge in [-0.25, -0.2) is 4.39 Å². The predicted molar refractivity (Wildman–Crippen MR) is 54.8 cm³/mol. The summed E-state index contributed by atoms with van der Waals surface area (Å²) < 4.78 is 12.5. The van der Waals surface area contributed by atoms with Gasteiger partial charge in [0.1, 0.15) is 5.82 Å². The third-order valence-electron chi connectivity index (χ3n) is 1.87. The number of hydrogen-bond acceptors (Lipinski definition) is 2. The lowest BCUT2D eigenvalue weighted by atomic mass is 10.1. The third kappa shape index (κ3) is 4.56. The van der Waals surface area contributed by atoms with Crippen LogP contribution in [0.4, 0.5) is 4.39 Å². The van der Waals surface area contributed by atoms with Gasteiger partial charge in [0.15, 0.2) is 0 Å². The molecule has 1 atom stereocenters. The van der Waals surface area contributed by atoms with Crippen LogP contribution in [0.1, 0.15) is 12.5 Å². The zero-order valence-corrected chi connectivity index (χ0v) is 8.53. The van der Waals surface area contributed by atoms with E-state index >= 15 is 0 Å². The smallest absolute Gasteiger partial charge is 0.224 e. The highest BCUT2D eigenvalue weighted by atomic mass is 19.1. The first-order valence-electron chi connectivity index (χ1n) is 4.77. The Balaban J connectivity index is 2.41. The number of benzene rings is 1. The second-order valence-electron chi connectivity index (χ2n) is 3.46. The first-order valence-corrected chi connectivity index (χ1v) is 4.77. The van der Waals surface area contributed by atoms with E-state index in [2.05, 4.69) is 5.32 Å². The molecule has 0 aliphatic rings. The summed E-state index contributed by atoms with van der Waals surface area (Å²) in [4.78, 5) is 11.3. The Kier molecular flexibility index (Phi) is 4.24. The Morgan fingerprint density at radius 1 is 1.47 bits per heavy atom. The molecule has 1 rings (SSSR count). The quantitative estimate of drug-likeness (QED) is 0.776. The zero-order valence-electron chi connectivity index (χ0n) is 8.53. The number of aliphatic hydroxyl groups is 1. The van der Waals surface area contributed by atoms with E-state index in [9.17, 15) is 9.18 Å². The van der Waals surface area contributed by atoms with E-state index in [1.54, 1.807) is 19.1 Å². The van der Waals surface area contributed by atoms with E-state index in [0.29, 0.717) is 0 Å². The summed E-state index contributed by atoms with van der Waals surface area (Å²) in [6.07, 6.45) is -0.352. The largest absolute Gasteiger partial charge is 0.392 e. The van der Waals surface area contributed by atoms with E-state index in [-0.39, 0.29) is 24.7 Å². The highest BCUT2D eigenvalue weighted by Gasteiger charge is 2.04. The molecule has 3 nitrogen and oxygen atoms in total. The molecule has 0 saturated heterocycles. The number of carbonyl (C=O) groups excluding carboxylic acids is 1. The van der Waals surface area contributed by atoms with Crippen LogP contribution in [-0.4, -0.2) is 23.7 Å². The minimum atomic E-state index is -0.554. The first-order chi connectivity index (χ1) is 7.08. The maximum atomic E-state index is 12.5. The lowest BCUT2D eigenvalue weighted by molar-refractivity contribution is -0.120. The molecule has 0 heterocycles. The van der Waals surface area contributed by atoms with Crippen LogP contribution in [0.2, 0.25) is 0 Å². The molecule has 0 bridgehead atoms. The van der Waals surface area contributed by atoms with Crippen molar-refractivity contribution in [1.82, 2.24) is 5.32 Å². The summed E-state index contributed by atoms with van der Waals surface area (Å²) in [5.74, 6) is -0.495. The van der Waals surface area contributed by atoms with Crippen molar-refractivity contribution in [1.29, 1.82) is 0 Å². The fourth-order valence-corrected chi connectivity index (χ4v) is 1.11. The zero-order chi connectivity index (χ0) is 11.3. The number of carbonyl (C=O) groups is 1. The molecular formula is C11H14FNO2. The normalized spacial score (nSPS) is 12.2. The molecule has 1 unspecified atom stereocenters. The molecule has 15 heavy (non-hydrogen) atoms. The molecule has 1 aromatic rings. The van der Waals surface area contributed by atoms with E-state index in [1.807, 2.05) is 0 Å². The molecule has 0 aromatic heterocycles. The molecule has 0 aliphatic heterocycles. The summed E-state index contributed by atoms with van der Waals surface area (Å²) >= 11 is 0. The SMILES string of the molecule is CC(O)CNC(=O)Cc1ccc(F)cc1.